The predicted molar refractivity (Wildman–Crippen MR) is 66.8 cm³/mol. The Balaban J connectivity index is 2.39. The Bertz CT molecular complexity index is 604. The second kappa shape index (κ2) is 4.89. The smallest absolute Gasteiger partial charge is 0.304 e. The molecule has 0 fully saturated rings. The lowest BCUT2D eigenvalue weighted by molar-refractivity contribution is -0.605. The van der Waals surface area contributed by atoms with Gasteiger partial charge in [0.25, 0.3) is 0 Å². The lowest BCUT2D eigenvalue weighted by Crippen LogP contribution is -2.25. The molecule has 1 aromatic carbocycles. The van der Waals surface area contributed by atoms with Crippen molar-refractivity contribution in [2.75, 3.05) is 5.32 Å². The van der Waals surface area contributed by atoms with Crippen LogP contribution in [-0.2, 0) is 0 Å². The zero-order valence-electron chi connectivity index (χ0n) is 9.04. The average Bonchev–Trinajstić information content (AvgIpc) is 2.28. The number of anilines is 2. The molecule has 6 nitrogen and oxygen atoms in total. The van der Waals surface area contributed by atoms with Crippen LogP contribution < -0.4 is 10.0 Å². The molecule has 7 heteroatoms. The molecule has 0 bridgehead atoms. The number of rotatable bonds is 3. The summed E-state index contributed by atoms with van der Waals surface area (Å²) in [5.41, 5.74) is 0.499. The van der Waals surface area contributed by atoms with Crippen molar-refractivity contribution in [2.24, 2.45) is 0 Å². The van der Waals surface area contributed by atoms with Crippen molar-refractivity contribution in [3.05, 3.63) is 63.1 Å². The largest absolute Gasteiger partial charge is 0.619 e. The molecular weight excluding hydrogens is 258 g/mol. The van der Waals surface area contributed by atoms with Gasteiger partial charge in [-0.25, -0.2) is 0 Å². The number of benzene rings is 1. The number of nitro groups is 1. The maximum Gasteiger partial charge on any atom is 0.304 e. The number of halogens is 1. The van der Waals surface area contributed by atoms with E-state index in [9.17, 15) is 15.3 Å². The zero-order valence-corrected chi connectivity index (χ0v) is 9.79. The van der Waals surface area contributed by atoms with Crippen molar-refractivity contribution in [1.82, 2.24) is 0 Å². The Morgan fingerprint density at radius 1 is 1.33 bits per heavy atom. The lowest BCUT2D eigenvalue weighted by atomic mass is 10.3. The normalized spacial score (nSPS) is 10.1. The highest BCUT2D eigenvalue weighted by Crippen LogP contribution is 2.26. The highest BCUT2D eigenvalue weighted by Gasteiger charge is 2.17. The van der Waals surface area contributed by atoms with Crippen LogP contribution in [0.15, 0.2) is 42.7 Å². The van der Waals surface area contributed by atoms with Crippen molar-refractivity contribution in [3.63, 3.8) is 0 Å². The fourth-order valence-corrected chi connectivity index (χ4v) is 1.64. The number of nitrogens with zero attached hydrogens (tertiary/aromatic N) is 2. The molecule has 0 aliphatic carbocycles. The van der Waals surface area contributed by atoms with Crippen molar-refractivity contribution in [1.29, 1.82) is 0 Å². The summed E-state index contributed by atoms with van der Waals surface area (Å²) in [6.45, 7) is 0. The van der Waals surface area contributed by atoms with E-state index in [2.05, 4.69) is 5.32 Å². The molecule has 0 unspecified atom stereocenters. The minimum Gasteiger partial charge on any atom is -0.619 e. The molecule has 2 rings (SSSR count). The first kappa shape index (κ1) is 12.1. The number of pyridine rings is 1. The number of nitrogens with one attached hydrogen (secondary N) is 1. The topological polar surface area (TPSA) is 82.1 Å². The van der Waals surface area contributed by atoms with E-state index in [0.29, 0.717) is 15.4 Å². The van der Waals surface area contributed by atoms with Crippen molar-refractivity contribution in [2.45, 2.75) is 0 Å². The average molecular weight is 266 g/mol. The summed E-state index contributed by atoms with van der Waals surface area (Å²) in [5, 5.41) is 25.3. The molecule has 18 heavy (non-hydrogen) atoms. The Kier molecular flexibility index (Phi) is 3.29. The van der Waals surface area contributed by atoms with E-state index in [0.717, 1.165) is 18.5 Å². The highest BCUT2D eigenvalue weighted by molar-refractivity contribution is 6.30. The summed E-state index contributed by atoms with van der Waals surface area (Å²) in [4.78, 5) is 10.3. The number of aromatic nitrogens is 1. The van der Waals surface area contributed by atoms with Crippen LogP contribution in [0.5, 0.6) is 0 Å². The van der Waals surface area contributed by atoms with Crippen molar-refractivity contribution < 1.29 is 9.65 Å². The van der Waals surface area contributed by atoms with Crippen LogP contribution in [0.3, 0.4) is 0 Å². The van der Waals surface area contributed by atoms with Gasteiger partial charge < -0.3 is 10.5 Å². The minimum absolute atomic E-state index is 0.111. The summed E-state index contributed by atoms with van der Waals surface area (Å²) in [5.74, 6) is 0. The van der Waals surface area contributed by atoms with Gasteiger partial charge in [0.2, 0.25) is 6.20 Å². The standard InChI is InChI=1S/C11H8ClN3O3/c12-8-2-1-3-9(6-8)13-10-7-14(16)5-4-11(10)15(17)18/h1-7,13H. The van der Waals surface area contributed by atoms with Gasteiger partial charge in [0, 0.05) is 10.7 Å². The summed E-state index contributed by atoms with van der Waals surface area (Å²) in [7, 11) is 0. The van der Waals surface area contributed by atoms with E-state index >= 15 is 0 Å². The summed E-state index contributed by atoms with van der Waals surface area (Å²) in [6.07, 6.45) is 2.17. The fraction of sp³-hybridized carbons (Fsp3) is 0. The molecule has 2 aromatic rings. The Hall–Kier alpha value is -2.34. The molecule has 0 spiro atoms. The molecule has 0 saturated carbocycles. The molecule has 1 aromatic heterocycles. The molecule has 0 amide bonds. The number of hydrogen-bond acceptors (Lipinski definition) is 4. The summed E-state index contributed by atoms with van der Waals surface area (Å²) < 4.78 is 0.486. The van der Waals surface area contributed by atoms with Crippen LogP contribution in [0.2, 0.25) is 5.02 Å². The van der Waals surface area contributed by atoms with Gasteiger partial charge in [-0.2, -0.15) is 4.73 Å². The van der Waals surface area contributed by atoms with Gasteiger partial charge in [0.1, 0.15) is 0 Å². The first-order chi connectivity index (χ1) is 8.56. The fourth-order valence-electron chi connectivity index (χ4n) is 1.45. The third-order valence-corrected chi connectivity index (χ3v) is 2.45. The zero-order chi connectivity index (χ0) is 13.1. The van der Waals surface area contributed by atoms with E-state index in [1.165, 1.54) is 0 Å². The van der Waals surface area contributed by atoms with Gasteiger partial charge in [-0.05, 0) is 18.2 Å². The maximum atomic E-state index is 11.2. The van der Waals surface area contributed by atoms with Crippen LogP contribution in [0.4, 0.5) is 17.1 Å². The molecule has 0 saturated heterocycles. The Morgan fingerprint density at radius 3 is 2.78 bits per heavy atom. The van der Waals surface area contributed by atoms with Gasteiger partial charge in [-0.15, -0.1) is 0 Å². The van der Waals surface area contributed by atoms with Gasteiger partial charge in [-0.3, -0.25) is 10.1 Å². The number of hydrogen-bond donors (Lipinski definition) is 1. The van der Waals surface area contributed by atoms with Crippen LogP contribution in [0.1, 0.15) is 0 Å². The molecular formula is C11H8ClN3O3. The second-order valence-corrected chi connectivity index (χ2v) is 3.93. The first-order valence-electron chi connectivity index (χ1n) is 4.96. The van der Waals surface area contributed by atoms with Gasteiger partial charge in [-0.1, -0.05) is 17.7 Å². The molecule has 92 valence electrons. The Labute approximate surface area is 107 Å². The first-order valence-corrected chi connectivity index (χ1v) is 5.34. The van der Waals surface area contributed by atoms with Crippen LogP contribution in [0, 0.1) is 15.3 Å². The predicted octanol–water partition coefficient (Wildman–Crippen LogP) is 2.63. The summed E-state index contributed by atoms with van der Waals surface area (Å²) >= 11 is 5.80. The molecule has 1 N–H and O–H groups in total. The van der Waals surface area contributed by atoms with E-state index in [4.69, 9.17) is 11.6 Å². The summed E-state index contributed by atoms with van der Waals surface area (Å²) in [6, 6.07) is 7.82. The quantitative estimate of drug-likeness (QED) is 0.400. The van der Waals surface area contributed by atoms with Crippen molar-refractivity contribution in [3.8, 4) is 0 Å². The van der Waals surface area contributed by atoms with E-state index < -0.39 is 4.92 Å². The van der Waals surface area contributed by atoms with E-state index in [1.54, 1.807) is 24.3 Å². The lowest BCUT2D eigenvalue weighted by Gasteiger charge is -2.06. The van der Waals surface area contributed by atoms with E-state index in [-0.39, 0.29) is 11.4 Å². The monoisotopic (exact) mass is 265 g/mol. The Morgan fingerprint density at radius 2 is 2.11 bits per heavy atom. The third-order valence-electron chi connectivity index (χ3n) is 2.21. The van der Waals surface area contributed by atoms with E-state index in [1.807, 2.05) is 0 Å². The van der Waals surface area contributed by atoms with Gasteiger partial charge >= 0.3 is 5.69 Å². The second-order valence-electron chi connectivity index (χ2n) is 3.50. The van der Waals surface area contributed by atoms with Crippen LogP contribution in [-0.4, -0.2) is 4.92 Å². The van der Waals surface area contributed by atoms with Crippen LogP contribution in [0.25, 0.3) is 0 Å². The van der Waals surface area contributed by atoms with Crippen molar-refractivity contribution >= 4 is 28.7 Å². The molecule has 0 radical (unpaired) electrons. The molecule has 0 atom stereocenters. The van der Waals surface area contributed by atoms with Gasteiger partial charge in [0.15, 0.2) is 11.9 Å². The minimum atomic E-state index is -0.563. The molecule has 1 heterocycles. The molecule has 0 aliphatic heterocycles. The van der Waals surface area contributed by atoms with Crippen LogP contribution >= 0.6 is 11.6 Å². The highest BCUT2D eigenvalue weighted by atomic mass is 35.5. The maximum absolute atomic E-state index is 11.2. The molecule has 0 aliphatic rings. The SMILES string of the molecule is O=[N+]([O-])c1cc[n+]([O-])cc1Nc1cccc(Cl)c1. The van der Waals surface area contributed by atoms with Gasteiger partial charge in [0.05, 0.1) is 11.0 Å². The third kappa shape index (κ3) is 2.67.